The molecule has 0 radical (unpaired) electrons. The summed E-state index contributed by atoms with van der Waals surface area (Å²) < 4.78 is 0. The molecule has 182 valence electrons. The van der Waals surface area contributed by atoms with Crippen molar-refractivity contribution in [1.29, 1.82) is 0 Å². The molecule has 1 N–H and O–H groups in total. The molecule has 5 nitrogen and oxygen atoms in total. The highest BCUT2D eigenvalue weighted by molar-refractivity contribution is 6.30. The van der Waals surface area contributed by atoms with E-state index in [0.717, 1.165) is 68.3 Å². The average Bonchev–Trinajstić information content (AvgIpc) is 3.58. The van der Waals surface area contributed by atoms with E-state index >= 15 is 0 Å². The molecular formula is C29H33ClN4O. The van der Waals surface area contributed by atoms with Crippen LogP contribution in [-0.4, -0.2) is 35.5 Å². The lowest BCUT2D eigenvalue weighted by Crippen LogP contribution is -2.32. The average molecular weight is 489 g/mol. The first-order chi connectivity index (χ1) is 17.1. The molecule has 6 heteroatoms. The number of hydrogen-bond donors (Lipinski definition) is 1. The van der Waals surface area contributed by atoms with E-state index in [9.17, 15) is 4.79 Å². The van der Waals surface area contributed by atoms with Gasteiger partial charge >= 0.3 is 0 Å². The Kier molecular flexibility index (Phi) is 7.33. The van der Waals surface area contributed by atoms with Gasteiger partial charge in [-0.15, -0.1) is 0 Å². The van der Waals surface area contributed by atoms with Gasteiger partial charge in [0, 0.05) is 42.7 Å². The summed E-state index contributed by atoms with van der Waals surface area (Å²) in [5.41, 5.74) is 3.93. The van der Waals surface area contributed by atoms with Crippen molar-refractivity contribution in [2.75, 3.05) is 24.5 Å². The molecule has 0 atom stereocenters. The lowest BCUT2D eigenvalue weighted by Gasteiger charge is -2.30. The molecule has 5 rings (SSSR count). The van der Waals surface area contributed by atoms with Gasteiger partial charge in [-0.05, 0) is 55.4 Å². The lowest BCUT2D eigenvalue weighted by molar-refractivity contribution is 0.0952. The van der Waals surface area contributed by atoms with E-state index in [0.29, 0.717) is 12.1 Å². The molecule has 1 aliphatic carbocycles. The van der Waals surface area contributed by atoms with Crippen molar-refractivity contribution < 1.29 is 4.79 Å². The normalized spacial score (nSPS) is 17.0. The van der Waals surface area contributed by atoms with Gasteiger partial charge in [0.05, 0.1) is 11.3 Å². The van der Waals surface area contributed by atoms with Crippen molar-refractivity contribution in [2.45, 2.75) is 56.8 Å². The molecule has 2 fully saturated rings. The number of hydrogen-bond acceptors (Lipinski definition) is 4. The highest BCUT2D eigenvalue weighted by atomic mass is 35.5. The van der Waals surface area contributed by atoms with Crippen LogP contribution < -0.4 is 10.2 Å². The standard InChI is InChI=1S/C29H33ClN4O/c30-24-12-10-23(11-13-24)29(15-4-5-16-29)20-26-25(21-32-28(33-26)34-18-6-7-19-34)27(35)31-17-14-22-8-2-1-3-9-22/h1-3,8-13,21H,4-7,14-20H2,(H,31,35). The van der Waals surface area contributed by atoms with Crippen molar-refractivity contribution >= 4 is 23.5 Å². The number of rotatable bonds is 8. The highest BCUT2D eigenvalue weighted by Gasteiger charge is 2.37. The Hall–Kier alpha value is -2.92. The molecule has 1 saturated heterocycles. The Morgan fingerprint density at radius 2 is 1.69 bits per heavy atom. The van der Waals surface area contributed by atoms with Gasteiger partial charge in [0.25, 0.3) is 5.91 Å². The number of nitrogens with one attached hydrogen (secondary N) is 1. The highest BCUT2D eigenvalue weighted by Crippen LogP contribution is 2.44. The third kappa shape index (κ3) is 5.51. The van der Waals surface area contributed by atoms with Gasteiger partial charge in [0.15, 0.2) is 0 Å². The van der Waals surface area contributed by atoms with Crippen LogP contribution in [0.2, 0.25) is 5.02 Å². The maximum absolute atomic E-state index is 13.3. The molecule has 1 aromatic heterocycles. The fourth-order valence-electron chi connectivity index (χ4n) is 5.60. The van der Waals surface area contributed by atoms with Crippen LogP contribution in [0.15, 0.2) is 60.8 Å². The molecule has 1 amide bonds. The summed E-state index contributed by atoms with van der Waals surface area (Å²) in [5, 5.41) is 3.86. The van der Waals surface area contributed by atoms with Crippen molar-refractivity contribution in [3.05, 3.63) is 88.2 Å². The van der Waals surface area contributed by atoms with E-state index in [1.54, 1.807) is 6.20 Å². The maximum Gasteiger partial charge on any atom is 0.254 e. The largest absolute Gasteiger partial charge is 0.352 e. The Labute approximate surface area is 212 Å². The molecule has 1 saturated carbocycles. The summed E-state index contributed by atoms with van der Waals surface area (Å²) in [6, 6.07) is 18.5. The Morgan fingerprint density at radius 1 is 0.971 bits per heavy atom. The third-order valence-corrected chi connectivity index (χ3v) is 7.81. The van der Waals surface area contributed by atoms with Gasteiger partial charge < -0.3 is 10.2 Å². The van der Waals surface area contributed by atoms with Crippen LogP contribution in [0.5, 0.6) is 0 Å². The van der Waals surface area contributed by atoms with Gasteiger partial charge in [0.2, 0.25) is 5.95 Å². The van der Waals surface area contributed by atoms with Crippen LogP contribution in [0.1, 0.15) is 65.7 Å². The fourth-order valence-corrected chi connectivity index (χ4v) is 5.73. The number of carbonyl (C=O) groups excluding carboxylic acids is 1. The Balaban J connectivity index is 1.42. The minimum Gasteiger partial charge on any atom is -0.352 e. The lowest BCUT2D eigenvalue weighted by atomic mass is 9.74. The second-order valence-electron chi connectivity index (χ2n) is 9.89. The van der Waals surface area contributed by atoms with Crippen LogP contribution in [0.4, 0.5) is 5.95 Å². The SMILES string of the molecule is O=C(NCCc1ccccc1)c1cnc(N2CCCC2)nc1CC1(c2ccc(Cl)cc2)CCCC1. The van der Waals surface area contributed by atoms with Crippen LogP contribution >= 0.6 is 11.6 Å². The van der Waals surface area contributed by atoms with Crippen LogP contribution in [0.3, 0.4) is 0 Å². The van der Waals surface area contributed by atoms with E-state index in [-0.39, 0.29) is 11.3 Å². The first-order valence-corrected chi connectivity index (χ1v) is 13.2. The molecule has 2 aliphatic rings. The number of nitrogens with zero attached hydrogens (tertiary/aromatic N) is 3. The van der Waals surface area contributed by atoms with Crippen LogP contribution in [0, 0.1) is 0 Å². The van der Waals surface area contributed by atoms with Crippen LogP contribution in [0.25, 0.3) is 0 Å². The number of amides is 1. The molecule has 2 aromatic carbocycles. The molecular weight excluding hydrogens is 456 g/mol. The molecule has 35 heavy (non-hydrogen) atoms. The maximum atomic E-state index is 13.3. The second kappa shape index (κ2) is 10.8. The first kappa shape index (κ1) is 23.8. The van der Waals surface area contributed by atoms with Gasteiger partial charge in [-0.3, -0.25) is 4.79 Å². The summed E-state index contributed by atoms with van der Waals surface area (Å²) in [5.74, 6) is 0.663. The van der Waals surface area contributed by atoms with Gasteiger partial charge in [-0.2, -0.15) is 0 Å². The number of carbonyl (C=O) groups is 1. The monoisotopic (exact) mass is 488 g/mol. The summed E-state index contributed by atoms with van der Waals surface area (Å²) in [6.45, 7) is 2.53. The van der Waals surface area contributed by atoms with E-state index in [1.165, 1.54) is 24.0 Å². The molecule has 0 unspecified atom stereocenters. The van der Waals surface area contributed by atoms with Crippen LogP contribution in [-0.2, 0) is 18.3 Å². The zero-order valence-electron chi connectivity index (χ0n) is 20.2. The molecule has 1 aliphatic heterocycles. The van der Waals surface area contributed by atoms with Crippen molar-refractivity contribution in [1.82, 2.24) is 15.3 Å². The quantitative estimate of drug-likeness (QED) is 0.438. The number of anilines is 1. The second-order valence-corrected chi connectivity index (χ2v) is 10.3. The zero-order valence-corrected chi connectivity index (χ0v) is 20.9. The molecule has 0 spiro atoms. The predicted molar refractivity (Wildman–Crippen MR) is 141 cm³/mol. The van der Waals surface area contributed by atoms with E-state index in [1.807, 2.05) is 30.3 Å². The van der Waals surface area contributed by atoms with Crippen molar-refractivity contribution in [3.63, 3.8) is 0 Å². The minimum absolute atomic E-state index is 0.0275. The van der Waals surface area contributed by atoms with E-state index in [4.69, 9.17) is 16.6 Å². The van der Waals surface area contributed by atoms with Gasteiger partial charge in [-0.1, -0.05) is 66.9 Å². The Bertz CT molecular complexity index is 1140. The number of aromatic nitrogens is 2. The topological polar surface area (TPSA) is 58.1 Å². The minimum atomic E-state index is -0.0897. The first-order valence-electron chi connectivity index (χ1n) is 12.8. The number of benzene rings is 2. The molecule has 2 heterocycles. The number of halogens is 1. The Morgan fingerprint density at radius 3 is 2.40 bits per heavy atom. The molecule has 0 bridgehead atoms. The van der Waals surface area contributed by atoms with E-state index < -0.39 is 0 Å². The van der Waals surface area contributed by atoms with Crippen molar-refractivity contribution in [2.24, 2.45) is 0 Å². The summed E-state index contributed by atoms with van der Waals surface area (Å²) in [7, 11) is 0. The van der Waals surface area contributed by atoms with Gasteiger partial charge in [-0.25, -0.2) is 9.97 Å². The smallest absolute Gasteiger partial charge is 0.254 e. The van der Waals surface area contributed by atoms with Gasteiger partial charge in [0.1, 0.15) is 0 Å². The van der Waals surface area contributed by atoms with Crippen molar-refractivity contribution in [3.8, 4) is 0 Å². The fraction of sp³-hybridized carbons (Fsp3) is 0.414. The molecule has 3 aromatic rings. The van der Waals surface area contributed by atoms with E-state index in [2.05, 4.69) is 39.5 Å². The third-order valence-electron chi connectivity index (χ3n) is 7.55. The zero-order chi connectivity index (χ0) is 24.1. The summed E-state index contributed by atoms with van der Waals surface area (Å²) in [6.07, 6.45) is 10.2. The predicted octanol–water partition coefficient (Wildman–Crippen LogP) is 5.76. The summed E-state index contributed by atoms with van der Waals surface area (Å²) in [4.78, 5) is 25.2. The summed E-state index contributed by atoms with van der Waals surface area (Å²) >= 11 is 6.20.